The van der Waals surface area contributed by atoms with Gasteiger partial charge in [0.15, 0.2) is 0 Å². The molecule has 0 atom stereocenters. The maximum absolute atomic E-state index is 14.6. The predicted octanol–water partition coefficient (Wildman–Crippen LogP) is 5.25. The van der Waals surface area contributed by atoms with E-state index in [4.69, 9.17) is 9.73 Å². The highest BCUT2D eigenvalue weighted by Gasteiger charge is 2.18. The standard InChI is InChI=1S/C24H32FN3O/c1-4-21(22-18-20(29-5-2)11-12-23(22)25)24-26-19(13-17-27(24)3)10-9-16-28-14-7-6-8-15-28/h4,11-13,17-18H,1,5-10,14-16H2,2-3H3/b24-21+. The van der Waals surface area contributed by atoms with Crippen molar-refractivity contribution in [1.29, 1.82) is 0 Å². The molecule has 0 aromatic heterocycles. The Morgan fingerprint density at radius 1 is 1.28 bits per heavy atom. The fourth-order valence-electron chi connectivity index (χ4n) is 3.87. The van der Waals surface area contributed by atoms with E-state index in [-0.39, 0.29) is 5.82 Å². The van der Waals surface area contributed by atoms with Crippen molar-refractivity contribution in [3.8, 4) is 5.75 Å². The maximum atomic E-state index is 14.6. The van der Waals surface area contributed by atoms with Gasteiger partial charge in [0.05, 0.1) is 6.61 Å². The van der Waals surface area contributed by atoms with E-state index in [0.29, 0.717) is 29.3 Å². The van der Waals surface area contributed by atoms with Gasteiger partial charge in [0, 0.05) is 30.1 Å². The molecule has 1 aromatic rings. The Balaban J connectivity index is 1.79. The van der Waals surface area contributed by atoms with Crippen molar-refractivity contribution in [3.63, 3.8) is 0 Å². The molecular weight excluding hydrogens is 365 g/mol. The van der Waals surface area contributed by atoms with Crippen LogP contribution in [0.2, 0.25) is 0 Å². The molecule has 156 valence electrons. The Hall–Kier alpha value is -2.40. The summed E-state index contributed by atoms with van der Waals surface area (Å²) in [4.78, 5) is 9.31. The summed E-state index contributed by atoms with van der Waals surface area (Å²) in [7, 11) is 1.92. The second-order valence-corrected chi connectivity index (χ2v) is 7.55. The smallest absolute Gasteiger partial charge is 0.140 e. The van der Waals surface area contributed by atoms with Crippen molar-refractivity contribution >= 4 is 11.3 Å². The molecule has 0 amide bonds. The minimum atomic E-state index is -0.305. The minimum Gasteiger partial charge on any atom is -0.494 e. The molecule has 3 rings (SSSR count). The van der Waals surface area contributed by atoms with Crippen LogP contribution in [0.15, 0.2) is 53.9 Å². The molecule has 29 heavy (non-hydrogen) atoms. The first-order valence-corrected chi connectivity index (χ1v) is 10.6. The summed E-state index contributed by atoms with van der Waals surface area (Å²) in [5.41, 5.74) is 2.15. The van der Waals surface area contributed by atoms with Gasteiger partial charge in [-0.1, -0.05) is 19.1 Å². The molecule has 0 spiro atoms. The zero-order chi connectivity index (χ0) is 20.6. The molecule has 0 bridgehead atoms. The van der Waals surface area contributed by atoms with Gasteiger partial charge < -0.3 is 14.5 Å². The Labute approximate surface area is 174 Å². The minimum absolute atomic E-state index is 0.305. The molecular formula is C24H32FN3O. The fourth-order valence-corrected chi connectivity index (χ4v) is 3.87. The quantitative estimate of drug-likeness (QED) is 0.600. The molecule has 0 aliphatic carbocycles. The second kappa shape index (κ2) is 10.4. The summed E-state index contributed by atoms with van der Waals surface area (Å²) in [6.45, 7) is 9.91. The largest absolute Gasteiger partial charge is 0.494 e. The number of hydrogen-bond donors (Lipinski definition) is 0. The van der Waals surface area contributed by atoms with Crippen molar-refractivity contribution in [3.05, 3.63) is 60.3 Å². The van der Waals surface area contributed by atoms with E-state index in [1.165, 1.54) is 38.4 Å². The number of piperidine rings is 1. The molecule has 2 aliphatic heterocycles. The van der Waals surface area contributed by atoms with Crippen LogP contribution in [0, 0.1) is 5.82 Å². The lowest BCUT2D eigenvalue weighted by Crippen LogP contribution is -2.30. The van der Waals surface area contributed by atoms with Crippen molar-refractivity contribution < 1.29 is 9.13 Å². The molecule has 1 fully saturated rings. The summed E-state index contributed by atoms with van der Waals surface area (Å²) in [5.74, 6) is 1.05. The third kappa shape index (κ3) is 5.57. The molecule has 2 aliphatic rings. The summed E-state index contributed by atoms with van der Waals surface area (Å²) >= 11 is 0. The van der Waals surface area contributed by atoms with Crippen LogP contribution in [0.3, 0.4) is 0 Å². The summed E-state index contributed by atoms with van der Waals surface area (Å²) in [5, 5.41) is 0. The normalized spacial score (nSPS) is 19.1. The van der Waals surface area contributed by atoms with Crippen molar-refractivity contribution in [2.24, 2.45) is 4.99 Å². The van der Waals surface area contributed by atoms with E-state index in [1.807, 2.05) is 31.1 Å². The van der Waals surface area contributed by atoms with Gasteiger partial charge in [-0.2, -0.15) is 0 Å². The number of nitrogens with zero attached hydrogens (tertiary/aromatic N) is 3. The van der Waals surface area contributed by atoms with E-state index < -0.39 is 0 Å². The van der Waals surface area contributed by atoms with Crippen molar-refractivity contribution in [2.45, 2.75) is 39.0 Å². The average molecular weight is 398 g/mol. The fraction of sp³-hybridized carbons (Fsp3) is 0.458. The topological polar surface area (TPSA) is 28.1 Å². The van der Waals surface area contributed by atoms with Crippen LogP contribution in [0.5, 0.6) is 5.75 Å². The number of hydrogen-bond acceptors (Lipinski definition) is 4. The van der Waals surface area contributed by atoms with Gasteiger partial charge in [-0.15, -0.1) is 0 Å². The van der Waals surface area contributed by atoms with Gasteiger partial charge in [-0.25, -0.2) is 9.38 Å². The molecule has 5 heteroatoms. The molecule has 0 saturated carbocycles. The van der Waals surface area contributed by atoms with Crippen LogP contribution in [0.4, 0.5) is 4.39 Å². The number of aliphatic imine (C=N–C) groups is 1. The van der Waals surface area contributed by atoms with Gasteiger partial charge in [0.25, 0.3) is 0 Å². The molecule has 4 nitrogen and oxygen atoms in total. The number of rotatable bonds is 8. The van der Waals surface area contributed by atoms with Crippen LogP contribution in [-0.4, -0.2) is 48.8 Å². The van der Waals surface area contributed by atoms with Crippen LogP contribution in [0.1, 0.15) is 44.6 Å². The van der Waals surface area contributed by atoms with Gasteiger partial charge in [0.2, 0.25) is 0 Å². The number of likely N-dealkylation sites (tertiary alicyclic amines) is 1. The third-order valence-electron chi connectivity index (χ3n) is 5.41. The number of allylic oxidation sites excluding steroid dienone is 3. The predicted molar refractivity (Wildman–Crippen MR) is 119 cm³/mol. The lowest BCUT2D eigenvalue weighted by atomic mass is 10.0. The first-order chi connectivity index (χ1) is 14.1. The van der Waals surface area contributed by atoms with Gasteiger partial charge >= 0.3 is 0 Å². The first-order valence-electron chi connectivity index (χ1n) is 10.6. The van der Waals surface area contributed by atoms with Gasteiger partial charge in [0.1, 0.15) is 17.4 Å². The summed E-state index contributed by atoms with van der Waals surface area (Å²) < 4.78 is 20.2. The van der Waals surface area contributed by atoms with Crippen LogP contribution in [-0.2, 0) is 0 Å². The highest BCUT2D eigenvalue weighted by atomic mass is 19.1. The molecule has 0 unspecified atom stereocenters. The summed E-state index contributed by atoms with van der Waals surface area (Å²) in [6, 6.07) is 4.81. The van der Waals surface area contributed by atoms with E-state index >= 15 is 0 Å². The Morgan fingerprint density at radius 2 is 2.07 bits per heavy atom. The Morgan fingerprint density at radius 3 is 2.79 bits per heavy atom. The molecule has 0 radical (unpaired) electrons. The van der Waals surface area contributed by atoms with Crippen LogP contribution >= 0.6 is 0 Å². The Bertz CT molecular complexity index is 806. The number of ether oxygens (including phenoxy) is 1. The van der Waals surface area contributed by atoms with Crippen molar-refractivity contribution in [1.82, 2.24) is 9.80 Å². The lowest BCUT2D eigenvalue weighted by Gasteiger charge is -2.27. The van der Waals surface area contributed by atoms with Gasteiger partial charge in [-0.05, 0) is 76.5 Å². The highest BCUT2D eigenvalue weighted by molar-refractivity contribution is 5.97. The molecule has 2 heterocycles. The molecule has 1 aromatic carbocycles. The van der Waals surface area contributed by atoms with E-state index in [2.05, 4.69) is 11.5 Å². The molecule has 1 saturated heterocycles. The van der Waals surface area contributed by atoms with Crippen LogP contribution in [0.25, 0.3) is 5.57 Å². The second-order valence-electron chi connectivity index (χ2n) is 7.55. The lowest BCUT2D eigenvalue weighted by molar-refractivity contribution is 0.227. The van der Waals surface area contributed by atoms with E-state index in [0.717, 1.165) is 25.1 Å². The zero-order valence-electron chi connectivity index (χ0n) is 17.7. The SMILES string of the molecule is C=C/C(=C1/N=C(CCCN2CCCCC2)C=CN1C)c1cc(OCC)ccc1F. The number of benzene rings is 1. The Kier molecular flexibility index (Phi) is 7.64. The zero-order valence-corrected chi connectivity index (χ0v) is 17.7. The average Bonchev–Trinajstić information content (AvgIpc) is 2.74. The monoisotopic (exact) mass is 397 g/mol. The highest BCUT2D eigenvalue weighted by Crippen LogP contribution is 2.30. The third-order valence-corrected chi connectivity index (χ3v) is 5.41. The van der Waals surface area contributed by atoms with Crippen molar-refractivity contribution in [2.75, 3.05) is 33.3 Å². The van der Waals surface area contributed by atoms with E-state index in [9.17, 15) is 4.39 Å². The van der Waals surface area contributed by atoms with E-state index in [1.54, 1.807) is 18.2 Å². The summed E-state index contributed by atoms with van der Waals surface area (Å²) in [6.07, 6.45) is 11.7. The van der Waals surface area contributed by atoms with Crippen LogP contribution < -0.4 is 4.74 Å². The molecule has 0 N–H and O–H groups in total. The first kappa shape index (κ1) is 21.3. The van der Waals surface area contributed by atoms with Gasteiger partial charge in [-0.3, -0.25) is 0 Å². The number of halogens is 1. The maximum Gasteiger partial charge on any atom is 0.140 e.